The van der Waals surface area contributed by atoms with Crippen molar-refractivity contribution >= 4 is 28.2 Å². The fourth-order valence-electron chi connectivity index (χ4n) is 2.40. The van der Waals surface area contributed by atoms with E-state index in [0.717, 1.165) is 29.6 Å². The van der Waals surface area contributed by atoms with Crippen molar-refractivity contribution in [2.45, 2.75) is 19.1 Å². The van der Waals surface area contributed by atoms with Gasteiger partial charge in [0.15, 0.2) is 5.79 Å². The molecule has 2 aromatic rings. The Kier molecular flexibility index (Phi) is 3.78. The smallest absolute Gasteiger partial charge is 0.167 e. The van der Waals surface area contributed by atoms with E-state index in [1.807, 2.05) is 31.2 Å². The maximum absolute atomic E-state index is 6.05. The van der Waals surface area contributed by atoms with Gasteiger partial charge in [-0.1, -0.05) is 11.6 Å². The van der Waals surface area contributed by atoms with Crippen molar-refractivity contribution in [3.05, 3.63) is 35.5 Å². The molecule has 1 aliphatic rings. The van der Waals surface area contributed by atoms with Gasteiger partial charge in [0.2, 0.25) is 0 Å². The summed E-state index contributed by atoms with van der Waals surface area (Å²) < 4.78 is 11.2. The molecule has 0 bridgehead atoms. The van der Waals surface area contributed by atoms with E-state index < -0.39 is 5.79 Å². The number of benzene rings is 1. The van der Waals surface area contributed by atoms with E-state index >= 15 is 0 Å². The second-order valence-electron chi connectivity index (χ2n) is 5.03. The Hall–Kier alpha value is -1.36. The van der Waals surface area contributed by atoms with Crippen LogP contribution in [-0.4, -0.2) is 30.5 Å². The molecule has 20 heavy (non-hydrogen) atoms. The molecule has 1 aliphatic heterocycles. The molecule has 106 valence electrons. The second-order valence-corrected chi connectivity index (χ2v) is 5.46. The van der Waals surface area contributed by atoms with Crippen molar-refractivity contribution in [3.8, 4) is 0 Å². The average Bonchev–Trinajstić information content (AvgIpc) is 2.86. The van der Waals surface area contributed by atoms with Crippen molar-refractivity contribution in [2.24, 2.45) is 0 Å². The predicted molar refractivity (Wildman–Crippen MR) is 80.2 cm³/mol. The quantitative estimate of drug-likeness (QED) is 0.937. The normalized spacial score (nSPS) is 17.5. The highest BCUT2D eigenvalue weighted by molar-refractivity contribution is 6.31. The highest BCUT2D eigenvalue weighted by Crippen LogP contribution is 2.26. The van der Waals surface area contributed by atoms with Crippen LogP contribution in [0, 0.1) is 0 Å². The molecule has 0 spiro atoms. The summed E-state index contributed by atoms with van der Waals surface area (Å²) in [6.45, 7) is 4.08. The van der Waals surface area contributed by atoms with Gasteiger partial charge in [0, 0.05) is 35.3 Å². The van der Waals surface area contributed by atoms with Gasteiger partial charge in [-0.15, -0.1) is 0 Å². The first-order valence-corrected chi connectivity index (χ1v) is 7.10. The number of ether oxygens (including phenoxy) is 2. The maximum atomic E-state index is 6.05. The van der Waals surface area contributed by atoms with Gasteiger partial charge in [-0.05, 0) is 31.2 Å². The topological polar surface area (TPSA) is 43.4 Å². The summed E-state index contributed by atoms with van der Waals surface area (Å²) >= 11 is 6.05. The molecule has 2 heterocycles. The molecule has 1 saturated heterocycles. The van der Waals surface area contributed by atoms with Crippen LogP contribution in [0.3, 0.4) is 0 Å². The van der Waals surface area contributed by atoms with Crippen molar-refractivity contribution in [3.63, 3.8) is 0 Å². The van der Waals surface area contributed by atoms with Gasteiger partial charge < -0.3 is 14.8 Å². The third-order valence-corrected chi connectivity index (χ3v) is 3.73. The van der Waals surface area contributed by atoms with Crippen molar-refractivity contribution in [1.82, 2.24) is 4.98 Å². The number of halogens is 1. The Balaban J connectivity index is 1.72. The number of aromatic nitrogens is 1. The van der Waals surface area contributed by atoms with Crippen LogP contribution in [0.2, 0.25) is 5.02 Å². The Labute approximate surface area is 123 Å². The van der Waals surface area contributed by atoms with E-state index in [1.54, 1.807) is 6.20 Å². The third-order valence-electron chi connectivity index (χ3n) is 3.50. The van der Waals surface area contributed by atoms with Crippen LogP contribution in [0.25, 0.3) is 10.9 Å². The molecule has 0 radical (unpaired) electrons. The van der Waals surface area contributed by atoms with E-state index in [-0.39, 0.29) is 0 Å². The van der Waals surface area contributed by atoms with Crippen molar-refractivity contribution in [1.29, 1.82) is 0 Å². The number of rotatable bonds is 4. The summed E-state index contributed by atoms with van der Waals surface area (Å²) in [5.74, 6) is -0.465. The standard InChI is InChI=1S/C15H17ClN2O2/c1-15(19-8-9-20-15)5-7-18-14-4-6-17-13-3-2-11(16)10-12(13)14/h2-4,6,10H,5,7-9H2,1H3,(H,17,18). The van der Waals surface area contributed by atoms with Gasteiger partial charge >= 0.3 is 0 Å². The third kappa shape index (κ3) is 2.87. The van der Waals surface area contributed by atoms with Gasteiger partial charge in [0.05, 0.1) is 18.7 Å². The van der Waals surface area contributed by atoms with Crippen LogP contribution in [0.15, 0.2) is 30.5 Å². The molecule has 1 fully saturated rings. The molecule has 0 aliphatic carbocycles. The Morgan fingerprint density at radius 3 is 2.90 bits per heavy atom. The highest BCUT2D eigenvalue weighted by atomic mass is 35.5. The fourth-order valence-corrected chi connectivity index (χ4v) is 2.57. The first-order valence-electron chi connectivity index (χ1n) is 6.72. The number of hydrogen-bond donors (Lipinski definition) is 1. The Morgan fingerprint density at radius 1 is 1.30 bits per heavy atom. The number of nitrogens with zero attached hydrogens (tertiary/aromatic N) is 1. The molecule has 1 N–H and O–H groups in total. The number of pyridine rings is 1. The highest BCUT2D eigenvalue weighted by Gasteiger charge is 2.30. The minimum Gasteiger partial charge on any atom is -0.384 e. The summed E-state index contributed by atoms with van der Waals surface area (Å²) in [5.41, 5.74) is 1.96. The molecule has 1 aromatic heterocycles. The number of anilines is 1. The van der Waals surface area contributed by atoms with Crippen LogP contribution in [0.1, 0.15) is 13.3 Å². The van der Waals surface area contributed by atoms with Gasteiger partial charge in [0.1, 0.15) is 0 Å². The lowest BCUT2D eigenvalue weighted by atomic mass is 10.1. The van der Waals surface area contributed by atoms with Gasteiger partial charge in [-0.25, -0.2) is 0 Å². The fraction of sp³-hybridized carbons (Fsp3) is 0.400. The lowest BCUT2D eigenvalue weighted by Gasteiger charge is -2.22. The first kappa shape index (κ1) is 13.6. The lowest BCUT2D eigenvalue weighted by molar-refractivity contribution is -0.144. The van der Waals surface area contributed by atoms with Crippen LogP contribution in [-0.2, 0) is 9.47 Å². The number of fused-ring (bicyclic) bond motifs is 1. The summed E-state index contributed by atoms with van der Waals surface area (Å²) in [6, 6.07) is 7.66. The molecular weight excluding hydrogens is 276 g/mol. The molecule has 0 amide bonds. The first-order chi connectivity index (χ1) is 9.66. The van der Waals surface area contributed by atoms with E-state index in [9.17, 15) is 0 Å². The predicted octanol–water partition coefficient (Wildman–Crippen LogP) is 3.45. The molecule has 0 atom stereocenters. The summed E-state index contributed by atoms with van der Waals surface area (Å²) in [6.07, 6.45) is 2.58. The van der Waals surface area contributed by atoms with E-state index in [1.165, 1.54) is 0 Å². The number of hydrogen-bond acceptors (Lipinski definition) is 4. The second kappa shape index (κ2) is 5.56. The zero-order valence-corrected chi connectivity index (χ0v) is 12.1. The lowest BCUT2D eigenvalue weighted by Crippen LogP contribution is -2.28. The molecular formula is C15H17ClN2O2. The van der Waals surface area contributed by atoms with E-state index in [0.29, 0.717) is 18.2 Å². The minimum absolute atomic E-state index is 0.465. The minimum atomic E-state index is -0.465. The van der Waals surface area contributed by atoms with E-state index in [2.05, 4.69) is 10.3 Å². The SMILES string of the molecule is CC1(CCNc2ccnc3ccc(Cl)cc23)OCCO1. The molecule has 1 aromatic carbocycles. The Bertz CT molecular complexity index is 612. The molecule has 0 saturated carbocycles. The largest absolute Gasteiger partial charge is 0.384 e. The van der Waals surface area contributed by atoms with Crippen LogP contribution < -0.4 is 5.32 Å². The molecule has 0 unspecified atom stereocenters. The zero-order chi connectivity index (χ0) is 14.0. The molecule has 4 nitrogen and oxygen atoms in total. The van der Waals surface area contributed by atoms with Crippen LogP contribution >= 0.6 is 11.6 Å². The summed E-state index contributed by atoms with van der Waals surface area (Å²) in [7, 11) is 0. The van der Waals surface area contributed by atoms with Gasteiger partial charge in [-0.3, -0.25) is 4.98 Å². The summed E-state index contributed by atoms with van der Waals surface area (Å²) in [4.78, 5) is 4.33. The summed E-state index contributed by atoms with van der Waals surface area (Å²) in [5, 5.41) is 5.15. The Morgan fingerprint density at radius 2 is 2.10 bits per heavy atom. The van der Waals surface area contributed by atoms with Crippen molar-refractivity contribution in [2.75, 3.05) is 25.1 Å². The van der Waals surface area contributed by atoms with Crippen molar-refractivity contribution < 1.29 is 9.47 Å². The number of nitrogens with one attached hydrogen (secondary N) is 1. The maximum Gasteiger partial charge on any atom is 0.167 e. The van der Waals surface area contributed by atoms with E-state index in [4.69, 9.17) is 21.1 Å². The molecule has 5 heteroatoms. The monoisotopic (exact) mass is 292 g/mol. The van der Waals surface area contributed by atoms with Crippen LogP contribution in [0.4, 0.5) is 5.69 Å². The average molecular weight is 293 g/mol. The molecule has 3 rings (SSSR count). The van der Waals surface area contributed by atoms with Gasteiger partial charge in [0.25, 0.3) is 0 Å². The zero-order valence-electron chi connectivity index (χ0n) is 11.4. The van der Waals surface area contributed by atoms with Gasteiger partial charge in [-0.2, -0.15) is 0 Å². The van der Waals surface area contributed by atoms with Crippen LogP contribution in [0.5, 0.6) is 0 Å².